The van der Waals surface area contributed by atoms with E-state index in [1.165, 1.54) is 0 Å². The topological polar surface area (TPSA) is 0 Å². The first-order valence-corrected chi connectivity index (χ1v) is 0. The molecule has 0 spiro atoms. The second kappa shape index (κ2) is 15.9. The van der Waals surface area contributed by atoms with Gasteiger partial charge in [0, 0.05) is 109 Å². The summed E-state index contributed by atoms with van der Waals surface area (Å²) in [6.45, 7) is 0. The van der Waals surface area contributed by atoms with Gasteiger partial charge in [-0.2, -0.15) is 0 Å². The number of hydrogen-bond acceptors (Lipinski definition) is 0. The molecule has 4 heavy (non-hydrogen) atoms. The Kier molecular flexibility index (Phi) is 101. The van der Waals surface area contributed by atoms with Crippen molar-refractivity contribution in [3.8, 4) is 0 Å². The summed E-state index contributed by atoms with van der Waals surface area (Å²) in [5, 5.41) is 0. The third kappa shape index (κ3) is 9.17. The van der Waals surface area contributed by atoms with Crippen molar-refractivity contribution in [2.45, 2.75) is 0 Å². The molecular formula is HoSn3. The molecule has 0 N–H and O–H groups in total. The minimum absolute atomic E-state index is 0. The Morgan fingerprint density at radius 2 is 0.500 bits per heavy atom. The summed E-state index contributed by atoms with van der Waals surface area (Å²) in [4.78, 5) is 0. The van der Waals surface area contributed by atoms with Gasteiger partial charge >= 0.3 is 0 Å². The van der Waals surface area contributed by atoms with Crippen LogP contribution >= 0.6 is 0 Å². The quantitative estimate of drug-likeness (QED) is 0.354. The van der Waals surface area contributed by atoms with Gasteiger partial charge in [0.25, 0.3) is 0 Å². The van der Waals surface area contributed by atoms with E-state index < -0.39 is 0 Å². The van der Waals surface area contributed by atoms with Crippen molar-refractivity contribution in [1.82, 2.24) is 0 Å². The van der Waals surface area contributed by atoms with Crippen molar-refractivity contribution in [3.05, 3.63) is 0 Å². The minimum atomic E-state index is 0. The zero-order chi connectivity index (χ0) is 0. The van der Waals surface area contributed by atoms with Crippen LogP contribution in [0.1, 0.15) is 0 Å². The molecule has 0 aromatic carbocycles. The minimum Gasteiger partial charge on any atom is 0 e. The molecule has 0 heterocycles. The maximum Gasteiger partial charge on any atom is 0 e. The molecular weight excluding hydrogens is 521 g/mol. The van der Waals surface area contributed by atoms with E-state index >= 15 is 0 Å². The predicted octanol–water partition coefficient (Wildman–Crippen LogP) is -1.14. The third-order valence-electron chi connectivity index (χ3n) is 0. The molecule has 0 saturated heterocycles. The Morgan fingerprint density at radius 3 is 0.500 bits per heavy atom. The zero-order valence-electron chi connectivity index (χ0n) is 1.80. The van der Waals surface area contributed by atoms with Crippen molar-refractivity contribution in [1.29, 1.82) is 0 Å². The van der Waals surface area contributed by atoms with Crippen LogP contribution < -0.4 is 0 Å². The molecule has 0 atom stereocenters. The van der Waals surface area contributed by atoms with Gasteiger partial charge in [0.2, 0.25) is 0 Å². The van der Waals surface area contributed by atoms with Gasteiger partial charge in [-0.15, -0.1) is 0 Å². The summed E-state index contributed by atoms with van der Waals surface area (Å²) >= 11 is 0. The average Bonchev–Trinajstić information content (AvgIpc) is 0. The van der Waals surface area contributed by atoms with Crippen LogP contribution in [0, 0.1) is 37.7 Å². The second-order valence-corrected chi connectivity index (χ2v) is 0. The predicted molar refractivity (Wildman–Crippen MR) is 17.3 cm³/mol. The van der Waals surface area contributed by atoms with Gasteiger partial charge < -0.3 is 0 Å². The summed E-state index contributed by atoms with van der Waals surface area (Å²) in [7, 11) is 0. The van der Waals surface area contributed by atoms with Gasteiger partial charge in [0.15, 0.2) is 0 Å². The molecule has 0 aliphatic heterocycles. The van der Waals surface area contributed by atoms with Gasteiger partial charge in [-0.1, -0.05) is 0 Å². The molecule has 0 amide bonds. The SMILES string of the molecule is [Ho].[Sn].[Sn].[Sn]. The molecule has 0 aromatic heterocycles. The van der Waals surface area contributed by atoms with E-state index in [0.717, 1.165) is 0 Å². The van der Waals surface area contributed by atoms with Crippen LogP contribution in [0.5, 0.6) is 0 Å². The summed E-state index contributed by atoms with van der Waals surface area (Å²) in [6, 6.07) is 0. The summed E-state index contributed by atoms with van der Waals surface area (Å²) in [5.41, 5.74) is 0. The van der Waals surface area contributed by atoms with Crippen molar-refractivity contribution in [3.63, 3.8) is 0 Å². The van der Waals surface area contributed by atoms with E-state index in [1.54, 1.807) is 0 Å². The Balaban J connectivity index is 0. The normalized spacial score (nSPS) is 0. The fourth-order valence-electron chi connectivity index (χ4n) is 0. The van der Waals surface area contributed by atoms with Crippen molar-refractivity contribution >= 4 is 71.7 Å². The first kappa shape index (κ1) is 25.4. The van der Waals surface area contributed by atoms with E-state index in [0.29, 0.717) is 0 Å². The maximum atomic E-state index is 0. The Morgan fingerprint density at radius 1 is 0.500 bits per heavy atom. The number of hydrogen-bond donors (Lipinski definition) is 0. The zero-order valence-corrected chi connectivity index (χ0v) is 12.3. The van der Waals surface area contributed by atoms with Crippen molar-refractivity contribution in [2.24, 2.45) is 0 Å². The van der Waals surface area contributed by atoms with Crippen molar-refractivity contribution < 1.29 is 37.7 Å². The fraction of sp³-hybridized carbons (Fsp3) is 0. The van der Waals surface area contributed by atoms with Crippen LogP contribution in [0.2, 0.25) is 0 Å². The summed E-state index contributed by atoms with van der Waals surface area (Å²) < 4.78 is 0. The van der Waals surface area contributed by atoms with E-state index in [-0.39, 0.29) is 109 Å². The molecule has 0 nitrogen and oxygen atoms in total. The molecule has 0 rings (SSSR count). The largest absolute Gasteiger partial charge is 0 e. The average molecular weight is 521 g/mol. The molecule has 0 fully saturated rings. The molecule has 0 unspecified atom stereocenters. The Bertz CT molecular complexity index is 3.25. The molecule has 23 valence electrons. The first-order valence-electron chi connectivity index (χ1n) is 0. The van der Waals surface area contributed by atoms with Crippen LogP contribution in [0.3, 0.4) is 0 Å². The van der Waals surface area contributed by atoms with Crippen LogP contribution in [0.25, 0.3) is 0 Å². The van der Waals surface area contributed by atoms with Crippen LogP contribution in [-0.4, -0.2) is 71.7 Å². The van der Waals surface area contributed by atoms with Gasteiger partial charge in [-0.05, 0) is 0 Å². The molecule has 0 aliphatic rings. The summed E-state index contributed by atoms with van der Waals surface area (Å²) in [5.74, 6) is 0. The van der Waals surface area contributed by atoms with E-state index in [1.807, 2.05) is 0 Å². The molecule has 13 radical (unpaired) electrons. The van der Waals surface area contributed by atoms with E-state index in [9.17, 15) is 0 Å². The van der Waals surface area contributed by atoms with Crippen LogP contribution in [0.4, 0.5) is 0 Å². The summed E-state index contributed by atoms with van der Waals surface area (Å²) in [6.07, 6.45) is 0. The fourth-order valence-corrected chi connectivity index (χ4v) is 0. The number of rotatable bonds is 0. The Hall–Kier alpha value is 3.66. The van der Waals surface area contributed by atoms with Crippen LogP contribution in [0.15, 0.2) is 0 Å². The first-order chi connectivity index (χ1) is 0. The van der Waals surface area contributed by atoms with Gasteiger partial charge in [0.1, 0.15) is 0 Å². The van der Waals surface area contributed by atoms with E-state index in [4.69, 9.17) is 0 Å². The molecule has 4 heteroatoms. The molecule has 0 saturated carbocycles. The molecule has 0 aliphatic carbocycles. The monoisotopic (exact) mass is 525 g/mol. The van der Waals surface area contributed by atoms with Gasteiger partial charge in [-0.3, -0.25) is 0 Å². The van der Waals surface area contributed by atoms with Gasteiger partial charge in [-0.25, -0.2) is 0 Å². The van der Waals surface area contributed by atoms with Crippen LogP contribution in [-0.2, 0) is 0 Å². The van der Waals surface area contributed by atoms with E-state index in [2.05, 4.69) is 0 Å². The maximum absolute atomic E-state index is 0. The van der Waals surface area contributed by atoms with Gasteiger partial charge in [0.05, 0.1) is 0 Å². The van der Waals surface area contributed by atoms with Crippen molar-refractivity contribution in [2.75, 3.05) is 0 Å². The Labute approximate surface area is 107 Å². The second-order valence-electron chi connectivity index (χ2n) is 0. The smallest absolute Gasteiger partial charge is 0 e. The molecule has 0 aromatic rings. The third-order valence-corrected chi connectivity index (χ3v) is 0. The standard InChI is InChI=1S/Ho.3Sn. The molecule has 0 bridgehead atoms.